The molecule has 1 fully saturated rings. The fourth-order valence-electron chi connectivity index (χ4n) is 2.44. The van der Waals surface area contributed by atoms with Crippen molar-refractivity contribution in [2.24, 2.45) is 7.05 Å². The van der Waals surface area contributed by atoms with E-state index in [0.717, 1.165) is 32.0 Å². The highest BCUT2D eigenvalue weighted by atomic mass is 15.2. The van der Waals surface area contributed by atoms with Crippen LogP contribution in [-0.2, 0) is 13.6 Å². The van der Waals surface area contributed by atoms with Crippen molar-refractivity contribution in [1.29, 1.82) is 0 Å². The zero-order valence-electron chi connectivity index (χ0n) is 11.2. The molecule has 0 radical (unpaired) electrons. The number of hydrogen-bond donors (Lipinski definition) is 1. The summed E-state index contributed by atoms with van der Waals surface area (Å²) in [6.45, 7) is 8.94. The van der Waals surface area contributed by atoms with Gasteiger partial charge in [-0.3, -0.25) is 4.90 Å². The number of aryl methyl sites for hydroxylation is 1. The lowest BCUT2D eigenvalue weighted by Gasteiger charge is -2.32. The van der Waals surface area contributed by atoms with Crippen LogP contribution in [0.4, 0.5) is 0 Å². The Kier molecular flexibility index (Phi) is 3.84. The van der Waals surface area contributed by atoms with Crippen LogP contribution in [0, 0.1) is 0 Å². The minimum Gasteiger partial charge on any atom is -0.337 e. The first kappa shape index (κ1) is 12.6. The van der Waals surface area contributed by atoms with Crippen molar-refractivity contribution >= 4 is 0 Å². The van der Waals surface area contributed by atoms with E-state index in [4.69, 9.17) is 0 Å². The van der Waals surface area contributed by atoms with E-state index in [9.17, 15) is 0 Å². The average Bonchev–Trinajstić information content (AvgIpc) is 2.60. The molecular weight excluding hydrogens is 212 g/mol. The van der Waals surface area contributed by atoms with Gasteiger partial charge < -0.3 is 9.88 Å². The minimum absolute atomic E-state index is 0.252. The molecule has 4 heteroatoms. The Morgan fingerprint density at radius 3 is 3.00 bits per heavy atom. The summed E-state index contributed by atoms with van der Waals surface area (Å²) in [5, 5.41) is 3.66. The summed E-state index contributed by atoms with van der Waals surface area (Å²) >= 11 is 0. The molecule has 1 unspecified atom stereocenters. The molecule has 1 aliphatic rings. The molecule has 0 bridgehead atoms. The van der Waals surface area contributed by atoms with Crippen LogP contribution >= 0.6 is 0 Å². The molecule has 2 rings (SSSR count). The quantitative estimate of drug-likeness (QED) is 0.861. The van der Waals surface area contributed by atoms with Crippen LogP contribution in [0.5, 0.6) is 0 Å². The van der Waals surface area contributed by atoms with E-state index in [-0.39, 0.29) is 5.54 Å². The van der Waals surface area contributed by atoms with Gasteiger partial charge in [-0.2, -0.15) is 0 Å². The van der Waals surface area contributed by atoms with Crippen molar-refractivity contribution in [3.05, 3.63) is 18.2 Å². The molecule has 1 aromatic rings. The summed E-state index contributed by atoms with van der Waals surface area (Å²) in [4.78, 5) is 6.93. The Labute approximate surface area is 104 Å². The summed E-state index contributed by atoms with van der Waals surface area (Å²) in [7, 11) is 2.07. The lowest BCUT2D eigenvalue weighted by molar-refractivity contribution is 0.203. The zero-order valence-corrected chi connectivity index (χ0v) is 11.2. The van der Waals surface area contributed by atoms with Gasteiger partial charge >= 0.3 is 0 Å². The van der Waals surface area contributed by atoms with Gasteiger partial charge in [0.05, 0.1) is 6.54 Å². The maximum Gasteiger partial charge on any atom is 0.122 e. The van der Waals surface area contributed by atoms with Crippen molar-refractivity contribution in [3.8, 4) is 0 Å². The van der Waals surface area contributed by atoms with Gasteiger partial charge in [-0.1, -0.05) is 6.92 Å². The van der Waals surface area contributed by atoms with Crippen LogP contribution in [0.15, 0.2) is 12.4 Å². The zero-order chi connectivity index (χ0) is 12.3. The van der Waals surface area contributed by atoms with Crippen LogP contribution in [0.1, 0.15) is 32.5 Å². The maximum absolute atomic E-state index is 4.41. The molecule has 0 amide bonds. The van der Waals surface area contributed by atoms with E-state index in [1.54, 1.807) is 0 Å². The molecule has 0 aromatic carbocycles. The Bertz CT molecular complexity index is 360. The monoisotopic (exact) mass is 236 g/mol. The second kappa shape index (κ2) is 5.19. The first-order chi connectivity index (χ1) is 8.13. The molecule has 17 heavy (non-hydrogen) atoms. The average molecular weight is 236 g/mol. The number of imidazole rings is 1. The van der Waals surface area contributed by atoms with Gasteiger partial charge in [0.1, 0.15) is 5.82 Å². The normalized spacial score (nSPS) is 27.0. The van der Waals surface area contributed by atoms with E-state index in [1.165, 1.54) is 12.8 Å². The third kappa shape index (κ3) is 3.07. The Morgan fingerprint density at radius 2 is 2.35 bits per heavy atom. The minimum atomic E-state index is 0.252. The molecule has 96 valence electrons. The van der Waals surface area contributed by atoms with E-state index < -0.39 is 0 Å². The van der Waals surface area contributed by atoms with Crippen LogP contribution < -0.4 is 5.32 Å². The molecule has 0 saturated carbocycles. The fourth-order valence-corrected chi connectivity index (χ4v) is 2.44. The molecule has 1 saturated heterocycles. The van der Waals surface area contributed by atoms with E-state index in [0.29, 0.717) is 0 Å². The van der Waals surface area contributed by atoms with Crippen LogP contribution in [-0.4, -0.2) is 39.6 Å². The standard InChI is InChI=1S/C13H24N4/c1-4-13(2)11-17(8-5-6-15-13)10-12-14-7-9-16(12)3/h7,9,15H,4-6,8,10-11H2,1-3H3. The highest BCUT2D eigenvalue weighted by Gasteiger charge is 2.27. The van der Waals surface area contributed by atoms with Gasteiger partial charge in [-0.15, -0.1) is 0 Å². The summed E-state index contributed by atoms with van der Waals surface area (Å²) in [5.41, 5.74) is 0.252. The second-order valence-electron chi connectivity index (χ2n) is 5.36. The second-order valence-corrected chi connectivity index (χ2v) is 5.36. The topological polar surface area (TPSA) is 33.1 Å². The first-order valence-electron chi connectivity index (χ1n) is 6.56. The number of rotatable bonds is 3. The van der Waals surface area contributed by atoms with E-state index in [1.807, 2.05) is 12.4 Å². The largest absolute Gasteiger partial charge is 0.337 e. The highest BCUT2D eigenvalue weighted by molar-refractivity contribution is 4.94. The molecule has 0 aliphatic carbocycles. The Morgan fingerprint density at radius 1 is 1.53 bits per heavy atom. The third-order valence-electron chi connectivity index (χ3n) is 3.84. The third-order valence-corrected chi connectivity index (χ3v) is 3.84. The van der Waals surface area contributed by atoms with Crippen LogP contribution in [0.25, 0.3) is 0 Å². The van der Waals surface area contributed by atoms with Gasteiger partial charge in [-0.05, 0) is 32.9 Å². The maximum atomic E-state index is 4.41. The molecule has 1 N–H and O–H groups in total. The lowest BCUT2D eigenvalue weighted by atomic mass is 9.98. The predicted octanol–water partition coefficient (Wildman–Crippen LogP) is 1.38. The smallest absolute Gasteiger partial charge is 0.122 e. The summed E-state index contributed by atoms with van der Waals surface area (Å²) in [5.74, 6) is 1.16. The number of hydrogen-bond acceptors (Lipinski definition) is 3. The van der Waals surface area contributed by atoms with E-state index >= 15 is 0 Å². The van der Waals surface area contributed by atoms with E-state index in [2.05, 4.69) is 40.7 Å². The van der Waals surface area contributed by atoms with Gasteiger partial charge in [-0.25, -0.2) is 4.98 Å². The Balaban J connectivity index is 2.02. The number of nitrogens with one attached hydrogen (secondary N) is 1. The molecular formula is C13H24N4. The predicted molar refractivity (Wildman–Crippen MR) is 69.8 cm³/mol. The van der Waals surface area contributed by atoms with Crippen molar-refractivity contribution < 1.29 is 0 Å². The fraction of sp³-hybridized carbons (Fsp3) is 0.769. The molecule has 2 heterocycles. The van der Waals surface area contributed by atoms with Crippen molar-refractivity contribution in [1.82, 2.24) is 19.8 Å². The first-order valence-corrected chi connectivity index (χ1v) is 6.56. The van der Waals surface area contributed by atoms with Gasteiger partial charge in [0.2, 0.25) is 0 Å². The summed E-state index contributed by atoms with van der Waals surface area (Å²) in [6, 6.07) is 0. The number of aromatic nitrogens is 2. The van der Waals surface area contributed by atoms with Crippen molar-refractivity contribution in [2.75, 3.05) is 19.6 Å². The highest BCUT2D eigenvalue weighted by Crippen LogP contribution is 2.16. The van der Waals surface area contributed by atoms with Gasteiger partial charge in [0, 0.05) is 31.5 Å². The van der Waals surface area contributed by atoms with Crippen molar-refractivity contribution in [2.45, 2.75) is 38.8 Å². The molecule has 4 nitrogen and oxygen atoms in total. The van der Waals surface area contributed by atoms with Gasteiger partial charge in [0.15, 0.2) is 0 Å². The molecule has 1 atom stereocenters. The lowest BCUT2D eigenvalue weighted by Crippen LogP contribution is -2.48. The number of nitrogens with zero attached hydrogens (tertiary/aromatic N) is 3. The van der Waals surface area contributed by atoms with Crippen LogP contribution in [0.3, 0.4) is 0 Å². The molecule has 1 aliphatic heterocycles. The molecule has 0 spiro atoms. The summed E-state index contributed by atoms with van der Waals surface area (Å²) < 4.78 is 2.11. The van der Waals surface area contributed by atoms with Gasteiger partial charge in [0.25, 0.3) is 0 Å². The van der Waals surface area contributed by atoms with Crippen molar-refractivity contribution in [3.63, 3.8) is 0 Å². The summed E-state index contributed by atoms with van der Waals surface area (Å²) in [6.07, 6.45) is 6.29. The molecule has 1 aromatic heterocycles. The van der Waals surface area contributed by atoms with Crippen LogP contribution in [0.2, 0.25) is 0 Å². The Hall–Kier alpha value is -0.870. The SMILES string of the molecule is CCC1(C)CN(Cc2nccn2C)CCCN1.